The Kier molecular flexibility index (Phi) is 4.70. The summed E-state index contributed by atoms with van der Waals surface area (Å²) in [6.07, 6.45) is 0.205. The van der Waals surface area contributed by atoms with E-state index in [0.29, 0.717) is 13.0 Å². The smallest absolute Gasteiger partial charge is 0.326 e. The Morgan fingerprint density at radius 2 is 2.19 bits per heavy atom. The maximum Gasteiger partial charge on any atom is 0.326 e. The molecule has 16 heavy (non-hydrogen) atoms. The molecule has 2 atom stereocenters. The minimum atomic E-state index is -1.06. The molecule has 1 fully saturated rings. The van der Waals surface area contributed by atoms with Gasteiger partial charge in [-0.2, -0.15) is 0 Å². The molecule has 0 saturated carbocycles. The maximum atomic E-state index is 11.7. The molecule has 92 valence electrons. The highest BCUT2D eigenvalue weighted by atomic mass is 16.5. The van der Waals surface area contributed by atoms with Gasteiger partial charge in [-0.3, -0.25) is 4.79 Å². The van der Waals surface area contributed by atoms with E-state index < -0.39 is 18.1 Å². The number of carboxylic acids is 1. The highest BCUT2D eigenvalue weighted by Crippen LogP contribution is 2.19. The Bertz CT molecular complexity index is 268. The molecule has 0 aromatic heterocycles. The number of likely N-dealkylation sites (tertiary alicyclic amines) is 1. The summed E-state index contributed by atoms with van der Waals surface area (Å²) in [5, 5.41) is 18.2. The second-order valence-electron chi connectivity index (χ2n) is 3.89. The minimum Gasteiger partial charge on any atom is -0.480 e. The molecule has 0 aromatic rings. The number of methoxy groups -OCH3 is 1. The second-order valence-corrected chi connectivity index (χ2v) is 3.89. The lowest BCUT2D eigenvalue weighted by molar-refractivity contribution is -0.148. The number of hydrogen-bond donors (Lipinski definition) is 2. The summed E-state index contributed by atoms with van der Waals surface area (Å²) in [5.74, 6) is -1.29. The largest absolute Gasteiger partial charge is 0.480 e. The zero-order chi connectivity index (χ0) is 12.1. The molecule has 1 rings (SSSR count). The number of β-amino-alcohol motifs (C(OH)–C–C–N with tert-alkyl or cyclic N) is 1. The van der Waals surface area contributed by atoms with Gasteiger partial charge >= 0.3 is 5.97 Å². The SMILES string of the molecule is COCCCC(=O)N1CC(O)CC1C(=O)O. The number of aliphatic hydroxyl groups excluding tert-OH is 1. The summed E-state index contributed by atoms with van der Waals surface area (Å²) in [6.45, 7) is 0.586. The number of aliphatic carboxylic acids is 1. The minimum absolute atomic E-state index is 0.114. The van der Waals surface area contributed by atoms with Crippen LogP contribution < -0.4 is 0 Å². The fourth-order valence-corrected chi connectivity index (χ4v) is 1.83. The third-order valence-corrected chi connectivity index (χ3v) is 2.62. The molecule has 1 aliphatic rings. The quantitative estimate of drug-likeness (QED) is 0.620. The van der Waals surface area contributed by atoms with Crippen molar-refractivity contribution >= 4 is 11.9 Å². The van der Waals surface area contributed by atoms with Crippen LogP contribution in [0.25, 0.3) is 0 Å². The molecular weight excluding hydrogens is 214 g/mol. The highest BCUT2D eigenvalue weighted by Gasteiger charge is 2.38. The van der Waals surface area contributed by atoms with E-state index in [4.69, 9.17) is 9.84 Å². The molecule has 1 heterocycles. The molecule has 6 heteroatoms. The van der Waals surface area contributed by atoms with Gasteiger partial charge in [0, 0.05) is 33.1 Å². The summed E-state index contributed by atoms with van der Waals surface area (Å²) in [5.41, 5.74) is 0. The van der Waals surface area contributed by atoms with Gasteiger partial charge in [0.05, 0.1) is 6.10 Å². The summed E-state index contributed by atoms with van der Waals surface area (Å²) >= 11 is 0. The molecule has 1 aliphatic heterocycles. The zero-order valence-electron chi connectivity index (χ0n) is 9.26. The van der Waals surface area contributed by atoms with Crippen LogP contribution in [0.15, 0.2) is 0 Å². The predicted molar refractivity (Wildman–Crippen MR) is 54.9 cm³/mol. The number of carbonyl (C=O) groups is 2. The van der Waals surface area contributed by atoms with Crippen molar-refractivity contribution in [1.82, 2.24) is 4.90 Å². The standard InChI is InChI=1S/C10H17NO5/c1-16-4-2-3-9(13)11-6-7(12)5-8(11)10(14)15/h7-8,12H,2-6H2,1H3,(H,14,15). The van der Waals surface area contributed by atoms with Crippen molar-refractivity contribution in [3.05, 3.63) is 0 Å². The van der Waals surface area contributed by atoms with Crippen molar-refractivity contribution < 1.29 is 24.5 Å². The van der Waals surface area contributed by atoms with E-state index in [-0.39, 0.29) is 25.3 Å². The van der Waals surface area contributed by atoms with Crippen LogP contribution in [-0.4, -0.2) is 59.4 Å². The van der Waals surface area contributed by atoms with Crippen LogP contribution in [-0.2, 0) is 14.3 Å². The van der Waals surface area contributed by atoms with E-state index in [1.54, 1.807) is 7.11 Å². The van der Waals surface area contributed by atoms with Crippen molar-refractivity contribution in [2.24, 2.45) is 0 Å². The summed E-state index contributed by atoms with van der Waals surface area (Å²) in [7, 11) is 1.55. The number of amides is 1. The lowest BCUT2D eigenvalue weighted by Crippen LogP contribution is -2.40. The fraction of sp³-hybridized carbons (Fsp3) is 0.800. The number of ether oxygens (including phenoxy) is 1. The third kappa shape index (κ3) is 3.18. The molecule has 1 saturated heterocycles. The van der Waals surface area contributed by atoms with E-state index in [0.717, 1.165) is 0 Å². The summed E-state index contributed by atoms with van der Waals surface area (Å²) in [4.78, 5) is 23.8. The predicted octanol–water partition coefficient (Wildman–Crippen LogP) is -0.541. The Morgan fingerprint density at radius 3 is 2.75 bits per heavy atom. The van der Waals surface area contributed by atoms with Crippen molar-refractivity contribution in [2.45, 2.75) is 31.4 Å². The van der Waals surface area contributed by atoms with E-state index in [1.165, 1.54) is 4.90 Å². The topological polar surface area (TPSA) is 87.1 Å². The molecule has 6 nitrogen and oxygen atoms in total. The first-order valence-electron chi connectivity index (χ1n) is 5.25. The molecule has 2 N–H and O–H groups in total. The van der Waals surface area contributed by atoms with Crippen LogP contribution in [0.4, 0.5) is 0 Å². The van der Waals surface area contributed by atoms with Gasteiger partial charge in [-0.1, -0.05) is 0 Å². The average Bonchev–Trinajstić information content (AvgIpc) is 2.61. The number of carbonyl (C=O) groups excluding carboxylic acids is 1. The molecule has 0 bridgehead atoms. The van der Waals surface area contributed by atoms with Crippen LogP contribution in [0.3, 0.4) is 0 Å². The molecule has 0 aliphatic carbocycles. The lowest BCUT2D eigenvalue weighted by Gasteiger charge is -2.20. The lowest BCUT2D eigenvalue weighted by atomic mass is 10.2. The van der Waals surface area contributed by atoms with Crippen molar-refractivity contribution in [2.75, 3.05) is 20.3 Å². The van der Waals surface area contributed by atoms with Gasteiger partial charge in [-0.25, -0.2) is 4.79 Å². The number of hydrogen-bond acceptors (Lipinski definition) is 4. The summed E-state index contributed by atoms with van der Waals surface area (Å²) < 4.78 is 4.81. The summed E-state index contributed by atoms with van der Waals surface area (Å²) in [6, 6.07) is -0.884. The normalized spacial score (nSPS) is 24.8. The monoisotopic (exact) mass is 231 g/mol. The van der Waals surface area contributed by atoms with Gasteiger partial charge in [-0.05, 0) is 6.42 Å². The molecule has 0 aromatic carbocycles. The van der Waals surface area contributed by atoms with E-state index in [1.807, 2.05) is 0 Å². The Labute approximate surface area is 93.8 Å². The molecular formula is C10H17NO5. The van der Waals surface area contributed by atoms with E-state index in [9.17, 15) is 14.7 Å². The zero-order valence-corrected chi connectivity index (χ0v) is 9.26. The first-order valence-corrected chi connectivity index (χ1v) is 5.25. The van der Waals surface area contributed by atoms with Crippen molar-refractivity contribution in [3.8, 4) is 0 Å². The molecule has 0 spiro atoms. The number of aliphatic hydroxyl groups is 1. The maximum absolute atomic E-state index is 11.7. The molecule has 0 radical (unpaired) electrons. The molecule has 1 amide bonds. The van der Waals surface area contributed by atoms with Crippen LogP contribution in [0.2, 0.25) is 0 Å². The first kappa shape index (κ1) is 12.9. The third-order valence-electron chi connectivity index (χ3n) is 2.62. The van der Waals surface area contributed by atoms with Gasteiger partial charge in [0.25, 0.3) is 0 Å². The van der Waals surface area contributed by atoms with Crippen molar-refractivity contribution in [1.29, 1.82) is 0 Å². The fourth-order valence-electron chi connectivity index (χ4n) is 1.83. The average molecular weight is 231 g/mol. The first-order chi connectivity index (χ1) is 7.56. The van der Waals surface area contributed by atoms with Gasteiger partial charge in [0.1, 0.15) is 6.04 Å². The molecule has 2 unspecified atom stereocenters. The van der Waals surface area contributed by atoms with Crippen LogP contribution in [0.5, 0.6) is 0 Å². The van der Waals surface area contributed by atoms with Gasteiger partial charge in [-0.15, -0.1) is 0 Å². The van der Waals surface area contributed by atoms with Gasteiger partial charge in [0.2, 0.25) is 5.91 Å². The van der Waals surface area contributed by atoms with Crippen LogP contribution >= 0.6 is 0 Å². The number of nitrogens with zero attached hydrogens (tertiary/aromatic N) is 1. The van der Waals surface area contributed by atoms with Crippen LogP contribution in [0.1, 0.15) is 19.3 Å². The van der Waals surface area contributed by atoms with Gasteiger partial charge < -0.3 is 19.8 Å². The Balaban J connectivity index is 2.50. The van der Waals surface area contributed by atoms with Crippen LogP contribution in [0, 0.1) is 0 Å². The van der Waals surface area contributed by atoms with E-state index >= 15 is 0 Å². The second kappa shape index (κ2) is 5.81. The van der Waals surface area contributed by atoms with E-state index in [2.05, 4.69) is 0 Å². The highest BCUT2D eigenvalue weighted by molar-refractivity contribution is 5.84. The number of carboxylic acid groups (broad SMARTS) is 1. The Morgan fingerprint density at radius 1 is 1.50 bits per heavy atom. The van der Waals surface area contributed by atoms with Gasteiger partial charge in [0.15, 0.2) is 0 Å². The number of rotatable bonds is 5. The Hall–Kier alpha value is -1.14. The van der Waals surface area contributed by atoms with Crippen molar-refractivity contribution in [3.63, 3.8) is 0 Å².